The number of benzene rings is 1. The minimum absolute atomic E-state index is 0.268. The maximum atomic E-state index is 11.1. The highest BCUT2D eigenvalue weighted by molar-refractivity contribution is 5.32. The Hall–Kier alpha value is -0.860. The van der Waals surface area contributed by atoms with Gasteiger partial charge in [-0.25, -0.2) is 0 Å². The highest BCUT2D eigenvalue weighted by Gasteiger charge is 2.56. The molecule has 0 amide bonds. The van der Waals surface area contributed by atoms with Gasteiger partial charge in [-0.1, -0.05) is 23.8 Å². The molecular weight excluding hydrogens is 236 g/mol. The van der Waals surface area contributed by atoms with Gasteiger partial charge >= 0.3 is 0 Å². The number of rotatable bonds is 2. The van der Waals surface area contributed by atoms with Gasteiger partial charge in [0.2, 0.25) is 0 Å². The molecule has 1 aliphatic rings. The van der Waals surface area contributed by atoms with Gasteiger partial charge in [0.1, 0.15) is 0 Å². The van der Waals surface area contributed by atoms with E-state index < -0.39 is 11.2 Å². The summed E-state index contributed by atoms with van der Waals surface area (Å²) in [6.07, 6.45) is 1.32. The third kappa shape index (κ3) is 2.70. The second kappa shape index (κ2) is 4.32. The molecule has 0 radical (unpaired) electrons. The Morgan fingerprint density at radius 1 is 1.16 bits per heavy atom. The summed E-state index contributed by atoms with van der Waals surface area (Å²) in [5.74, 6) is 0. The van der Waals surface area contributed by atoms with Crippen LogP contribution in [0, 0.1) is 13.8 Å². The summed E-state index contributed by atoms with van der Waals surface area (Å²) < 4.78 is 6.04. The molecule has 1 aromatic carbocycles. The molecule has 0 bridgehead atoms. The van der Waals surface area contributed by atoms with E-state index in [1.54, 1.807) is 0 Å². The molecule has 0 saturated carbocycles. The Morgan fingerprint density at radius 3 is 2.32 bits per heavy atom. The van der Waals surface area contributed by atoms with Crippen LogP contribution in [-0.4, -0.2) is 21.9 Å². The van der Waals surface area contributed by atoms with Gasteiger partial charge in [-0.2, -0.15) is 0 Å². The van der Waals surface area contributed by atoms with Crippen LogP contribution >= 0.6 is 0 Å². The van der Waals surface area contributed by atoms with Crippen molar-refractivity contribution in [2.24, 2.45) is 0 Å². The van der Waals surface area contributed by atoms with Crippen LogP contribution in [0.4, 0.5) is 0 Å². The summed E-state index contributed by atoms with van der Waals surface area (Å²) in [5, 5.41) is 11.1. The van der Waals surface area contributed by atoms with E-state index in [-0.39, 0.29) is 5.60 Å². The molecule has 1 aliphatic heterocycles. The van der Waals surface area contributed by atoms with E-state index in [1.165, 1.54) is 16.7 Å². The van der Waals surface area contributed by atoms with E-state index in [9.17, 15) is 5.11 Å². The topological polar surface area (TPSA) is 29.5 Å². The third-order valence-corrected chi connectivity index (χ3v) is 4.36. The maximum absolute atomic E-state index is 11.1. The molecule has 19 heavy (non-hydrogen) atoms. The summed E-state index contributed by atoms with van der Waals surface area (Å²) in [5.41, 5.74) is 2.09. The molecule has 1 fully saturated rings. The molecule has 1 aromatic rings. The summed E-state index contributed by atoms with van der Waals surface area (Å²) in [6, 6.07) is 6.42. The molecule has 1 N–H and O–H groups in total. The molecule has 1 unspecified atom stereocenters. The molecule has 1 heterocycles. The van der Waals surface area contributed by atoms with Crippen molar-refractivity contribution in [3.8, 4) is 0 Å². The fraction of sp³-hybridized carbons (Fsp3) is 0.647. The number of aryl methyl sites for hydroxylation is 2. The number of aliphatic hydroxyl groups is 1. The van der Waals surface area contributed by atoms with Crippen molar-refractivity contribution >= 4 is 0 Å². The van der Waals surface area contributed by atoms with Crippen molar-refractivity contribution in [2.75, 3.05) is 0 Å². The highest BCUT2D eigenvalue weighted by atomic mass is 16.5. The zero-order valence-electron chi connectivity index (χ0n) is 13.0. The third-order valence-electron chi connectivity index (χ3n) is 4.36. The average Bonchev–Trinajstić information content (AvgIpc) is 2.36. The van der Waals surface area contributed by atoms with Gasteiger partial charge in [0.25, 0.3) is 0 Å². The first-order chi connectivity index (χ1) is 8.55. The Bertz CT molecular complexity index is 488. The first kappa shape index (κ1) is 14.5. The van der Waals surface area contributed by atoms with Gasteiger partial charge in [-0.05, 0) is 52.7 Å². The quantitative estimate of drug-likeness (QED) is 0.883. The Balaban J connectivity index is 2.34. The molecule has 2 rings (SSSR count). The van der Waals surface area contributed by atoms with E-state index in [0.717, 1.165) is 0 Å². The van der Waals surface area contributed by atoms with Crippen LogP contribution in [0.3, 0.4) is 0 Å². The predicted octanol–water partition coefficient (Wildman–Crippen LogP) is 3.55. The molecule has 1 saturated heterocycles. The SMILES string of the molecule is Cc1ccc(C)c(CC2(O)CC(C)(C)OC2(C)C)c1. The summed E-state index contributed by atoms with van der Waals surface area (Å²) in [4.78, 5) is 0. The van der Waals surface area contributed by atoms with Crippen molar-refractivity contribution < 1.29 is 9.84 Å². The maximum Gasteiger partial charge on any atom is 0.0998 e. The van der Waals surface area contributed by atoms with Crippen molar-refractivity contribution in [3.05, 3.63) is 34.9 Å². The fourth-order valence-corrected chi connectivity index (χ4v) is 3.32. The molecule has 2 heteroatoms. The molecule has 2 nitrogen and oxygen atoms in total. The van der Waals surface area contributed by atoms with Crippen LogP contribution in [0.2, 0.25) is 0 Å². The van der Waals surface area contributed by atoms with Crippen molar-refractivity contribution in [1.82, 2.24) is 0 Å². The van der Waals surface area contributed by atoms with E-state index in [1.807, 2.05) is 13.8 Å². The Morgan fingerprint density at radius 2 is 1.79 bits per heavy atom. The van der Waals surface area contributed by atoms with Gasteiger partial charge < -0.3 is 9.84 Å². The molecule has 1 atom stereocenters. The van der Waals surface area contributed by atoms with E-state index >= 15 is 0 Å². The van der Waals surface area contributed by atoms with Gasteiger partial charge in [-0.15, -0.1) is 0 Å². The van der Waals surface area contributed by atoms with Crippen molar-refractivity contribution in [1.29, 1.82) is 0 Å². The van der Waals surface area contributed by atoms with Crippen LogP contribution in [0.5, 0.6) is 0 Å². The average molecular weight is 262 g/mol. The van der Waals surface area contributed by atoms with Gasteiger partial charge in [0, 0.05) is 12.8 Å². The van der Waals surface area contributed by atoms with Crippen molar-refractivity contribution in [3.63, 3.8) is 0 Å². The predicted molar refractivity (Wildman–Crippen MR) is 78.4 cm³/mol. The minimum atomic E-state index is -0.810. The van der Waals surface area contributed by atoms with E-state index in [0.29, 0.717) is 12.8 Å². The van der Waals surface area contributed by atoms with Crippen LogP contribution in [-0.2, 0) is 11.2 Å². The van der Waals surface area contributed by atoms with Crippen molar-refractivity contribution in [2.45, 2.75) is 71.2 Å². The van der Waals surface area contributed by atoms with Crippen LogP contribution in [0.15, 0.2) is 18.2 Å². The van der Waals surface area contributed by atoms with Gasteiger partial charge in [0.15, 0.2) is 0 Å². The summed E-state index contributed by atoms with van der Waals surface area (Å²) in [7, 11) is 0. The molecular formula is C17H26O2. The largest absolute Gasteiger partial charge is 0.386 e. The van der Waals surface area contributed by atoms with Crippen LogP contribution in [0.1, 0.15) is 50.8 Å². The second-order valence-electron chi connectivity index (χ2n) is 7.19. The Labute approximate surface area is 116 Å². The normalized spacial score (nSPS) is 28.6. The zero-order chi connectivity index (χ0) is 14.5. The lowest BCUT2D eigenvalue weighted by Crippen LogP contribution is -2.48. The monoisotopic (exact) mass is 262 g/mol. The standard InChI is InChI=1S/C17H26O2/c1-12-7-8-13(2)14(9-12)10-17(18)11-15(3,4)19-16(17,5)6/h7-9,18H,10-11H2,1-6H3. The smallest absolute Gasteiger partial charge is 0.0998 e. The Kier molecular flexibility index (Phi) is 3.31. The second-order valence-corrected chi connectivity index (χ2v) is 7.19. The lowest BCUT2D eigenvalue weighted by atomic mass is 9.77. The molecule has 106 valence electrons. The number of hydrogen-bond acceptors (Lipinski definition) is 2. The molecule has 0 aromatic heterocycles. The first-order valence-electron chi connectivity index (χ1n) is 7.03. The van der Waals surface area contributed by atoms with E-state index in [2.05, 4.69) is 45.9 Å². The summed E-state index contributed by atoms with van der Waals surface area (Å²) >= 11 is 0. The van der Waals surface area contributed by atoms with Crippen LogP contribution < -0.4 is 0 Å². The molecule has 0 aliphatic carbocycles. The fourth-order valence-electron chi connectivity index (χ4n) is 3.32. The number of ether oxygens (including phenoxy) is 1. The van der Waals surface area contributed by atoms with Crippen LogP contribution in [0.25, 0.3) is 0 Å². The lowest BCUT2D eigenvalue weighted by Gasteiger charge is -2.35. The van der Waals surface area contributed by atoms with Gasteiger partial charge in [0.05, 0.1) is 16.8 Å². The van der Waals surface area contributed by atoms with Gasteiger partial charge in [-0.3, -0.25) is 0 Å². The number of hydrogen-bond donors (Lipinski definition) is 1. The molecule has 0 spiro atoms. The summed E-state index contributed by atoms with van der Waals surface area (Å²) in [6.45, 7) is 12.3. The van der Waals surface area contributed by atoms with E-state index in [4.69, 9.17) is 4.74 Å². The zero-order valence-corrected chi connectivity index (χ0v) is 13.0. The highest BCUT2D eigenvalue weighted by Crippen LogP contribution is 2.46. The lowest BCUT2D eigenvalue weighted by molar-refractivity contribution is -0.125. The first-order valence-corrected chi connectivity index (χ1v) is 7.03. The minimum Gasteiger partial charge on any atom is -0.386 e.